The van der Waals surface area contributed by atoms with Gasteiger partial charge in [-0.3, -0.25) is 0 Å². The molecule has 1 aromatic rings. The van der Waals surface area contributed by atoms with Crippen LogP contribution in [0.3, 0.4) is 0 Å². The second-order valence-corrected chi connectivity index (χ2v) is 4.78. The highest BCUT2D eigenvalue weighted by atomic mass is 32.1. The Labute approximate surface area is 88.3 Å². The van der Waals surface area contributed by atoms with E-state index in [1.807, 2.05) is 0 Å². The van der Waals surface area contributed by atoms with Gasteiger partial charge in [0.1, 0.15) is 0 Å². The zero-order chi connectivity index (χ0) is 10.0. The van der Waals surface area contributed by atoms with Crippen LogP contribution in [-0.4, -0.2) is 18.2 Å². The highest BCUT2D eigenvalue weighted by Gasteiger charge is 2.34. The number of nitrogens with two attached hydrogens (primary N) is 1. The Morgan fingerprint density at radius 3 is 3.21 bits per heavy atom. The van der Waals surface area contributed by atoms with Crippen molar-refractivity contribution in [3.8, 4) is 0 Å². The van der Waals surface area contributed by atoms with Gasteiger partial charge in [-0.25, -0.2) is 4.98 Å². The molecule has 1 saturated heterocycles. The topological polar surface area (TPSA) is 48.1 Å². The zero-order valence-corrected chi connectivity index (χ0v) is 9.27. The summed E-state index contributed by atoms with van der Waals surface area (Å²) in [4.78, 5) is 4.57. The molecular formula is C10H16N2OS. The summed E-state index contributed by atoms with van der Waals surface area (Å²) in [5.74, 6) is 0. The fourth-order valence-corrected chi connectivity index (χ4v) is 2.66. The number of rotatable bonds is 3. The molecule has 0 aliphatic carbocycles. The minimum atomic E-state index is -0.317. The molecule has 1 fully saturated rings. The number of thiazole rings is 1. The first-order chi connectivity index (χ1) is 6.74. The Balaban J connectivity index is 2.15. The average molecular weight is 212 g/mol. The summed E-state index contributed by atoms with van der Waals surface area (Å²) in [6.45, 7) is 3.54. The van der Waals surface area contributed by atoms with E-state index in [9.17, 15) is 0 Å². The number of nitrogens with zero attached hydrogens (tertiary/aromatic N) is 1. The summed E-state index contributed by atoms with van der Waals surface area (Å²) in [6, 6.07) is 0. The number of ether oxygens (including phenoxy) is 1. The second-order valence-electron chi connectivity index (χ2n) is 3.84. The third kappa shape index (κ3) is 1.82. The fraction of sp³-hybridized carbons (Fsp3) is 0.700. The van der Waals surface area contributed by atoms with Crippen molar-refractivity contribution >= 4 is 11.3 Å². The van der Waals surface area contributed by atoms with Crippen LogP contribution in [-0.2, 0) is 16.7 Å². The first-order valence-corrected chi connectivity index (χ1v) is 5.94. The van der Waals surface area contributed by atoms with Crippen LogP contribution in [0.5, 0.6) is 0 Å². The van der Waals surface area contributed by atoms with Gasteiger partial charge in [-0.05, 0) is 19.3 Å². The lowest BCUT2D eigenvalue weighted by Gasteiger charge is -2.18. The van der Waals surface area contributed by atoms with Crippen LogP contribution in [0.25, 0.3) is 0 Å². The smallest absolute Gasteiger partial charge is 0.0929 e. The van der Waals surface area contributed by atoms with Gasteiger partial charge >= 0.3 is 0 Å². The van der Waals surface area contributed by atoms with Crippen molar-refractivity contribution in [1.82, 2.24) is 4.98 Å². The molecule has 0 aromatic carbocycles. The van der Waals surface area contributed by atoms with Crippen molar-refractivity contribution in [3.05, 3.63) is 16.1 Å². The Morgan fingerprint density at radius 1 is 1.71 bits per heavy atom. The Bertz CT molecular complexity index is 305. The van der Waals surface area contributed by atoms with E-state index in [1.54, 1.807) is 11.3 Å². The summed E-state index contributed by atoms with van der Waals surface area (Å²) in [6.07, 6.45) is 3.09. The normalized spacial score (nSPS) is 27.0. The van der Waals surface area contributed by atoms with Gasteiger partial charge in [-0.1, -0.05) is 6.92 Å². The summed E-state index contributed by atoms with van der Waals surface area (Å²) < 4.78 is 5.32. The summed E-state index contributed by atoms with van der Waals surface area (Å²) in [5, 5.41) is 3.28. The van der Waals surface area contributed by atoms with E-state index in [0.29, 0.717) is 6.61 Å². The van der Waals surface area contributed by atoms with E-state index in [4.69, 9.17) is 10.5 Å². The Morgan fingerprint density at radius 2 is 2.57 bits per heavy atom. The van der Waals surface area contributed by atoms with Gasteiger partial charge in [0.2, 0.25) is 0 Å². The quantitative estimate of drug-likeness (QED) is 0.829. The molecule has 4 heteroatoms. The number of aromatic nitrogens is 1. The maximum Gasteiger partial charge on any atom is 0.0929 e. The van der Waals surface area contributed by atoms with Crippen LogP contribution in [0, 0.1) is 0 Å². The third-order valence-corrected chi connectivity index (χ3v) is 3.49. The molecule has 2 heterocycles. The van der Waals surface area contributed by atoms with Crippen molar-refractivity contribution in [2.45, 2.75) is 31.7 Å². The molecular weight excluding hydrogens is 196 g/mol. The van der Waals surface area contributed by atoms with Crippen LogP contribution in [0.1, 0.15) is 30.5 Å². The number of hydrogen-bond acceptors (Lipinski definition) is 4. The van der Waals surface area contributed by atoms with Gasteiger partial charge in [-0.15, -0.1) is 11.3 Å². The standard InChI is InChI=1S/C10H16N2OS/c1-2-3-9-12-8(6-14-9)10(11)4-5-13-7-10/h6H,2-5,7,11H2,1H3. The molecule has 14 heavy (non-hydrogen) atoms. The first kappa shape index (κ1) is 10.1. The van der Waals surface area contributed by atoms with Crippen molar-refractivity contribution in [2.24, 2.45) is 5.73 Å². The van der Waals surface area contributed by atoms with Crippen molar-refractivity contribution < 1.29 is 4.74 Å². The minimum absolute atomic E-state index is 0.317. The molecule has 1 unspecified atom stereocenters. The maximum absolute atomic E-state index is 6.21. The van der Waals surface area contributed by atoms with Crippen LogP contribution >= 0.6 is 11.3 Å². The van der Waals surface area contributed by atoms with Crippen molar-refractivity contribution in [1.29, 1.82) is 0 Å². The zero-order valence-electron chi connectivity index (χ0n) is 8.45. The lowest BCUT2D eigenvalue weighted by Crippen LogP contribution is -2.37. The highest BCUT2D eigenvalue weighted by molar-refractivity contribution is 7.09. The lowest BCUT2D eigenvalue weighted by molar-refractivity contribution is 0.177. The number of hydrogen-bond donors (Lipinski definition) is 1. The molecule has 0 saturated carbocycles. The van der Waals surface area contributed by atoms with Gasteiger partial charge < -0.3 is 10.5 Å². The second kappa shape index (κ2) is 3.96. The summed E-state index contributed by atoms with van der Waals surface area (Å²) in [5.41, 5.74) is 6.91. The predicted octanol–water partition coefficient (Wildman–Crippen LogP) is 1.67. The third-order valence-electron chi connectivity index (χ3n) is 2.58. The molecule has 1 aliphatic rings. The fourth-order valence-electron chi connectivity index (χ4n) is 1.65. The van der Waals surface area contributed by atoms with Gasteiger partial charge in [0.25, 0.3) is 0 Å². The van der Waals surface area contributed by atoms with Gasteiger partial charge in [0, 0.05) is 12.0 Å². The first-order valence-electron chi connectivity index (χ1n) is 5.06. The van der Waals surface area contributed by atoms with Crippen molar-refractivity contribution in [2.75, 3.05) is 13.2 Å². The highest BCUT2D eigenvalue weighted by Crippen LogP contribution is 2.28. The van der Waals surface area contributed by atoms with Gasteiger partial charge in [0.15, 0.2) is 0 Å². The summed E-state index contributed by atoms with van der Waals surface area (Å²) in [7, 11) is 0. The molecule has 1 aromatic heterocycles. The summed E-state index contributed by atoms with van der Waals surface area (Å²) >= 11 is 1.71. The average Bonchev–Trinajstić information content (AvgIpc) is 2.75. The van der Waals surface area contributed by atoms with Crippen molar-refractivity contribution in [3.63, 3.8) is 0 Å². The molecule has 1 aliphatic heterocycles. The minimum Gasteiger partial charge on any atom is -0.379 e. The predicted molar refractivity (Wildman–Crippen MR) is 57.4 cm³/mol. The Kier molecular flexibility index (Phi) is 2.85. The largest absolute Gasteiger partial charge is 0.379 e. The van der Waals surface area contributed by atoms with Crippen LogP contribution in [0.4, 0.5) is 0 Å². The number of aryl methyl sites for hydroxylation is 1. The molecule has 0 amide bonds. The molecule has 1 atom stereocenters. The SMILES string of the molecule is CCCc1nc(C2(N)CCOC2)cs1. The Hall–Kier alpha value is -0.450. The molecule has 0 radical (unpaired) electrons. The molecule has 0 bridgehead atoms. The van der Waals surface area contributed by atoms with Crippen LogP contribution < -0.4 is 5.73 Å². The molecule has 78 valence electrons. The van der Waals surface area contributed by atoms with E-state index < -0.39 is 0 Å². The van der Waals surface area contributed by atoms with E-state index in [1.165, 1.54) is 5.01 Å². The van der Waals surface area contributed by atoms with Crippen LogP contribution in [0.2, 0.25) is 0 Å². The van der Waals surface area contributed by atoms with E-state index >= 15 is 0 Å². The molecule has 2 N–H and O–H groups in total. The van der Waals surface area contributed by atoms with E-state index in [2.05, 4.69) is 17.3 Å². The van der Waals surface area contributed by atoms with Crippen LogP contribution in [0.15, 0.2) is 5.38 Å². The van der Waals surface area contributed by atoms with Gasteiger partial charge in [-0.2, -0.15) is 0 Å². The van der Waals surface area contributed by atoms with Gasteiger partial charge in [0.05, 0.1) is 22.8 Å². The maximum atomic E-state index is 6.21. The molecule has 2 rings (SSSR count). The van der Waals surface area contributed by atoms with E-state index in [0.717, 1.165) is 31.6 Å². The van der Waals surface area contributed by atoms with E-state index in [-0.39, 0.29) is 5.54 Å². The lowest BCUT2D eigenvalue weighted by atomic mass is 9.97. The molecule has 3 nitrogen and oxygen atoms in total. The molecule has 0 spiro atoms. The monoisotopic (exact) mass is 212 g/mol.